The summed E-state index contributed by atoms with van der Waals surface area (Å²) in [6, 6.07) is 12.3. The molecule has 2 amide bonds. The van der Waals surface area contributed by atoms with E-state index in [1.807, 2.05) is 24.0 Å². The Hall–Kier alpha value is -3.79. The first-order valence-corrected chi connectivity index (χ1v) is 12.4. The molecule has 1 N–H and O–H groups in total. The van der Waals surface area contributed by atoms with Crippen LogP contribution in [0.15, 0.2) is 59.9 Å². The molecule has 0 spiro atoms. The fraction of sp³-hybridized carbons (Fsp3) is 0.280. The average molecular weight is 492 g/mol. The SMILES string of the molecule is CCSc1ncccc1C(=O)N1CCN(c2ncccc2NC(=O)c2ccc3c(c2)OCO3)CC1. The van der Waals surface area contributed by atoms with Crippen LogP contribution in [-0.2, 0) is 0 Å². The van der Waals surface area contributed by atoms with Crippen LogP contribution in [-0.4, -0.2) is 65.4 Å². The van der Waals surface area contributed by atoms with Gasteiger partial charge < -0.3 is 24.6 Å². The summed E-state index contributed by atoms with van der Waals surface area (Å²) in [6.45, 7) is 4.51. The third-order valence-electron chi connectivity index (χ3n) is 5.82. The predicted molar refractivity (Wildman–Crippen MR) is 134 cm³/mol. The number of thioether (sulfide) groups is 1. The van der Waals surface area contributed by atoms with Crippen molar-refractivity contribution in [3.05, 3.63) is 66.0 Å². The number of pyridine rings is 2. The van der Waals surface area contributed by atoms with E-state index < -0.39 is 0 Å². The number of hydrogen-bond donors (Lipinski definition) is 1. The third kappa shape index (κ3) is 4.88. The van der Waals surface area contributed by atoms with Crippen LogP contribution >= 0.6 is 11.8 Å². The lowest BCUT2D eigenvalue weighted by atomic mass is 10.2. The van der Waals surface area contributed by atoms with Gasteiger partial charge in [-0.25, -0.2) is 9.97 Å². The second-order valence-corrected chi connectivity index (χ2v) is 9.22. The molecule has 1 fully saturated rings. The Kier molecular flexibility index (Phi) is 6.71. The number of fused-ring (bicyclic) bond motifs is 1. The van der Waals surface area contributed by atoms with Crippen LogP contribution < -0.4 is 19.7 Å². The maximum atomic E-state index is 13.2. The van der Waals surface area contributed by atoms with Gasteiger partial charge in [0.1, 0.15) is 5.03 Å². The molecule has 2 aliphatic heterocycles. The minimum Gasteiger partial charge on any atom is -0.454 e. The number of piperazine rings is 1. The lowest BCUT2D eigenvalue weighted by molar-refractivity contribution is 0.0742. The summed E-state index contributed by atoms with van der Waals surface area (Å²) < 4.78 is 10.7. The Labute approximate surface area is 207 Å². The molecule has 9 nitrogen and oxygen atoms in total. The molecule has 2 aromatic heterocycles. The number of aromatic nitrogens is 2. The summed E-state index contributed by atoms with van der Waals surface area (Å²) in [5, 5.41) is 3.73. The molecule has 35 heavy (non-hydrogen) atoms. The van der Waals surface area contributed by atoms with Gasteiger partial charge in [0.05, 0.1) is 11.3 Å². The molecular weight excluding hydrogens is 466 g/mol. The maximum Gasteiger partial charge on any atom is 0.256 e. The first-order valence-electron chi connectivity index (χ1n) is 11.4. The van der Waals surface area contributed by atoms with Crippen LogP contribution in [0, 0.1) is 0 Å². The van der Waals surface area contributed by atoms with E-state index in [1.165, 1.54) is 0 Å². The van der Waals surface area contributed by atoms with Gasteiger partial charge in [0.2, 0.25) is 6.79 Å². The molecule has 0 radical (unpaired) electrons. The van der Waals surface area contributed by atoms with Gasteiger partial charge in [-0.2, -0.15) is 0 Å². The fourth-order valence-electron chi connectivity index (χ4n) is 4.08. The Morgan fingerprint density at radius 2 is 1.77 bits per heavy atom. The molecule has 4 heterocycles. The lowest BCUT2D eigenvalue weighted by Gasteiger charge is -2.36. The van der Waals surface area contributed by atoms with Crippen molar-refractivity contribution < 1.29 is 19.1 Å². The smallest absolute Gasteiger partial charge is 0.256 e. The van der Waals surface area contributed by atoms with Crippen molar-refractivity contribution in [3.63, 3.8) is 0 Å². The summed E-state index contributed by atoms with van der Waals surface area (Å²) in [5.74, 6) is 2.44. The summed E-state index contributed by atoms with van der Waals surface area (Å²) >= 11 is 1.57. The van der Waals surface area contributed by atoms with Crippen LogP contribution in [0.3, 0.4) is 0 Å². The zero-order chi connectivity index (χ0) is 24.2. The number of nitrogens with one attached hydrogen (secondary N) is 1. The van der Waals surface area contributed by atoms with Crippen molar-refractivity contribution in [1.82, 2.24) is 14.9 Å². The maximum absolute atomic E-state index is 13.2. The number of carbonyl (C=O) groups excluding carboxylic acids is 2. The van der Waals surface area contributed by atoms with Gasteiger partial charge in [0, 0.05) is 44.1 Å². The van der Waals surface area contributed by atoms with Crippen LogP contribution in [0.5, 0.6) is 11.5 Å². The molecule has 180 valence electrons. The highest BCUT2D eigenvalue weighted by atomic mass is 32.2. The standard InChI is InChI=1S/C25H25N5O4S/c1-2-35-24-18(5-3-10-27-24)25(32)30-13-11-29(12-14-30)22-19(6-4-9-26-22)28-23(31)17-7-8-20-21(15-17)34-16-33-20/h3-10,15H,2,11-14,16H2,1H3,(H,28,31). The summed E-state index contributed by atoms with van der Waals surface area (Å²) in [7, 11) is 0. The van der Waals surface area contributed by atoms with E-state index in [1.54, 1.807) is 54.5 Å². The third-order valence-corrected chi connectivity index (χ3v) is 6.71. The van der Waals surface area contributed by atoms with E-state index in [2.05, 4.69) is 20.2 Å². The number of rotatable bonds is 6. The number of amides is 2. The van der Waals surface area contributed by atoms with E-state index in [-0.39, 0.29) is 18.6 Å². The van der Waals surface area contributed by atoms with Crippen LogP contribution in [0.2, 0.25) is 0 Å². The van der Waals surface area contributed by atoms with Gasteiger partial charge >= 0.3 is 0 Å². The van der Waals surface area contributed by atoms with Gasteiger partial charge in [-0.15, -0.1) is 11.8 Å². The zero-order valence-corrected chi connectivity index (χ0v) is 20.1. The van der Waals surface area contributed by atoms with Crippen LogP contribution in [0.1, 0.15) is 27.6 Å². The minimum absolute atomic E-state index is 0.00828. The van der Waals surface area contributed by atoms with Gasteiger partial charge in [-0.3, -0.25) is 9.59 Å². The number of benzene rings is 1. The molecule has 0 aliphatic carbocycles. The Bertz CT molecular complexity index is 1250. The normalized spacial score (nSPS) is 14.7. The molecule has 0 atom stereocenters. The topological polar surface area (TPSA) is 96.9 Å². The van der Waals surface area contributed by atoms with Gasteiger partial charge in [0.25, 0.3) is 11.8 Å². The monoisotopic (exact) mass is 491 g/mol. The van der Waals surface area contributed by atoms with Crippen LogP contribution in [0.25, 0.3) is 0 Å². The van der Waals surface area contributed by atoms with Crippen LogP contribution in [0.4, 0.5) is 11.5 Å². The van der Waals surface area contributed by atoms with Crippen molar-refractivity contribution in [1.29, 1.82) is 0 Å². The molecule has 2 aliphatic rings. The van der Waals surface area contributed by atoms with Gasteiger partial charge in [-0.1, -0.05) is 6.92 Å². The number of anilines is 2. The molecule has 10 heteroatoms. The molecule has 0 unspecified atom stereocenters. The van der Waals surface area contributed by atoms with Crippen molar-refractivity contribution in [3.8, 4) is 11.5 Å². The number of nitrogens with zero attached hydrogens (tertiary/aromatic N) is 4. The van der Waals surface area contributed by atoms with E-state index in [4.69, 9.17) is 9.47 Å². The van der Waals surface area contributed by atoms with Crippen molar-refractivity contribution >= 4 is 35.1 Å². The molecule has 1 aromatic carbocycles. The minimum atomic E-state index is -0.260. The van der Waals surface area contributed by atoms with Crippen molar-refractivity contribution in [2.24, 2.45) is 0 Å². The van der Waals surface area contributed by atoms with Crippen molar-refractivity contribution in [2.45, 2.75) is 11.9 Å². The quantitative estimate of drug-likeness (QED) is 0.523. The van der Waals surface area contributed by atoms with E-state index in [9.17, 15) is 9.59 Å². The fourth-order valence-corrected chi connectivity index (χ4v) is 4.80. The second kappa shape index (κ2) is 10.2. The highest BCUT2D eigenvalue weighted by Gasteiger charge is 2.26. The molecular formula is C25H25N5O4S. The first kappa shape index (κ1) is 23.0. The lowest BCUT2D eigenvalue weighted by Crippen LogP contribution is -2.49. The summed E-state index contributed by atoms with van der Waals surface area (Å²) in [5.41, 5.74) is 1.72. The van der Waals surface area contributed by atoms with E-state index in [0.29, 0.717) is 60.3 Å². The molecule has 0 bridgehead atoms. The number of carbonyl (C=O) groups is 2. The summed E-state index contributed by atoms with van der Waals surface area (Å²) in [4.78, 5) is 38.9. The average Bonchev–Trinajstić information content (AvgIpc) is 3.37. The highest BCUT2D eigenvalue weighted by molar-refractivity contribution is 7.99. The van der Waals surface area contributed by atoms with Gasteiger partial charge in [0.15, 0.2) is 17.3 Å². The summed E-state index contributed by atoms with van der Waals surface area (Å²) in [6.07, 6.45) is 3.42. The number of ether oxygens (including phenoxy) is 2. The van der Waals surface area contributed by atoms with E-state index in [0.717, 1.165) is 10.8 Å². The van der Waals surface area contributed by atoms with E-state index >= 15 is 0 Å². The predicted octanol–water partition coefficient (Wildman–Crippen LogP) is 3.53. The molecule has 3 aromatic rings. The number of hydrogen-bond acceptors (Lipinski definition) is 8. The largest absolute Gasteiger partial charge is 0.454 e. The van der Waals surface area contributed by atoms with Gasteiger partial charge in [-0.05, 0) is 48.2 Å². The highest BCUT2D eigenvalue weighted by Crippen LogP contribution is 2.33. The molecule has 1 saturated heterocycles. The molecule has 0 saturated carbocycles. The Morgan fingerprint density at radius 1 is 1.00 bits per heavy atom. The van der Waals surface area contributed by atoms with Crippen molar-refractivity contribution in [2.75, 3.05) is 48.9 Å². The molecule has 5 rings (SSSR count). The Morgan fingerprint density at radius 3 is 2.60 bits per heavy atom. The Balaban J connectivity index is 1.26. The second-order valence-electron chi connectivity index (χ2n) is 7.97. The zero-order valence-electron chi connectivity index (χ0n) is 19.3. The first-order chi connectivity index (χ1) is 17.1.